The van der Waals surface area contributed by atoms with Crippen molar-refractivity contribution in [3.63, 3.8) is 0 Å². The maximum Gasteiger partial charge on any atom is 0.249 e. The number of nitrogens with one attached hydrogen (secondary N) is 1. The van der Waals surface area contributed by atoms with Gasteiger partial charge in [-0.15, -0.1) is 0 Å². The van der Waals surface area contributed by atoms with Gasteiger partial charge in [-0.2, -0.15) is 4.98 Å². The van der Waals surface area contributed by atoms with Crippen LogP contribution in [-0.4, -0.2) is 16.0 Å². The zero-order chi connectivity index (χ0) is 19.5. The Hall–Kier alpha value is -1.88. The Bertz CT molecular complexity index is 765. The van der Waals surface area contributed by atoms with E-state index in [0.717, 1.165) is 17.5 Å². The van der Waals surface area contributed by atoms with E-state index in [9.17, 15) is 4.79 Å². The lowest BCUT2D eigenvalue weighted by Crippen LogP contribution is -2.34. The normalized spacial score (nSPS) is 14.1. The van der Waals surface area contributed by atoms with Crippen LogP contribution in [0.3, 0.4) is 0 Å². The summed E-state index contributed by atoms with van der Waals surface area (Å²) in [7, 11) is 0. The van der Waals surface area contributed by atoms with Crippen LogP contribution in [0.4, 0.5) is 0 Å². The molecule has 2 aromatic rings. The van der Waals surface area contributed by atoms with Crippen LogP contribution in [0, 0.1) is 18.3 Å². The molecule has 1 N–H and O–H groups in total. The molecule has 0 saturated carbocycles. The Morgan fingerprint density at radius 2 is 2.04 bits per heavy atom. The Balaban J connectivity index is 2.25. The highest BCUT2D eigenvalue weighted by atomic mass is 35.5. The van der Waals surface area contributed by atoms with Crippen LogP contribution in [0.5, 0.6) is 0 Å². The van der Waals surface area contributed by atoms with E-state index < -0.39 is 0 Å². The van der Waals surface area contributed by atoms with E-state index >= 15 is 0 Å². The summed E-state index contributed by atoms with van der Waals surface area (Å²) in [6.45, 7) is 12.2. The summed E-state index contributed by atoms with van der Waals surface area (Å²) in [5.74, 6) is 1.06. The number of aryl methyl sites for hydroxylation is 1. The van der Waals surface area contributed by atoms with Gasteiger partial charge < -0.3 is 9.84 Å². The summed E-state index contributed by atoms with van der Waals surface area (Å²) in [5.41, 5.74) is 1.70. The van der Waals surface area contributed by atoms with Gasteiger partial charge in [0.05, 0.1) is 0 Å². The molecule has 0 fully saturated rings. The highest BCUT2D eigenvalue weighted by Crippen LogP contribution is 2.28. The molecule has 0 aliphatic rings. The van der Waals surface area contributed by atoms with Gasteiger partial charge in [-0.05, 0) is 29.9 Å². The molecule has 2 atom stereocenters. The number of rotatable bonds is 6. The third-order valence-electron chi connectivity index (χ3n) is 4.36. The second-order valence-electron chi connectivity index (χ2n) is 8.09. The third-order valence-corrected chi connectivity index (χ3v) is 4.77. The van der Waals surface area contributed by atoms with Crippen molar-refractivity contribution in [3.8, 4) is 11.4 Å². The van der Waals surface area contributed by atoms with Crippen LogP contribution < -0.4 is 5.32 Å². The number of carbonyl (C=O) groups is 1. The van der Waals surface area contributed by atoms with E-state index in [1.807, 2.05) is 45.9 Å². The number of carbonyl (C=O) groups excluding carboxylic acids is 1. The third kappa shape index (κ3) is 5.31. The molecular weight excluding hydrogens is 350 g/mol. The standard InChI is InChI=1S/C20H28ClN3O2/c1-7-12(2)17(22-16(25)11-20(4,5)6)19-23-18(24-26-19)14-9-8-13(3)15(21)10-14/h8-10,12,17H,7,11H2,1-6H3,(H,22,25)/t12-,17+/m1/s1. The summed E-state index contributed by atoms with van der Waals surface area (Å²) in [6, 6.07) is 5.34. The zero-order valence-corrected chi connectivity index (χ0v) is 17.1. The number of amides is 1. The van der Waals surface area contributed by atoms with E-state index in [2.05, 4.69) is 29.3 Å². The van der Waals surface area contributed by atoms with Crippen LogP contribution >= 0.6 is 11.6 Å². The molecule has 0 saturated heterocycles. The number of hydrogen-bond donors (Lipinski definition) is 1. The molecule has 0 aliphatic heterocycles. The maximum atomic E-state index is 12.4. The number of aromatic nitrogens is 2. The molecular formula is C20H28ClN3O2. The van der Waals surface area contributed by atoms with E-state index in [1.54, 1.807) is 0 Å². The summed E-state index contributed by atoms with van der Waals surface area (Å²) >= 11 is 6.19. The number of halogens is 1. The molecule has 0 aliphatic carbocycles. The van der Waals surface area contributed by atoms with Crippen molar-refractivity contribution >= 4 is 17.5 Å². The van der Waals surface area contributed by atoms with Gasteiger partial charge in [0, 0.05) is 17.0 Å². The van der Waals surface area contributed by atoms with Gasteiger partial charge in [0.25, 0.3) is 0 Å². The fourth-order valence-corrected chi connectivity index (χ4v) is 2.78. The first kappa shape index (κ1) is 20.4. The Kier molecular flexibility index (Phi) is 6.45. The van der Waals surface area contributed by atoms with Crippen molar-refractivity contribution in [3.05, 3.63) is 34.7 Å². The average Bonchev–Trinajstić information content (AvgIpc) is 3.02. The van der Waals surface area contributed by atoms with Crippen LogP contribution in [-0.2, 0) is 4.79 Å². The fourth-order valence-electron chi connectivity index (χ4n) is 2.60. The molecule has 2 rings (SSSR count). The van der Waals surface area contributed by atoms with E-state index in [1.165, 1.54) is 0 Å². The first-order valence-corrected chi connectivity index (χ1v) is 9.38. The zero-order valence-electron chi connectivity index (χ0n) is 16.4. The lowest BCUT2D eigenvalue weighted by molar-refractivity contribution is -0.124. The molecule has 1 aromatic carbocycles. The van der Waals surface area contributed by atoms with Gasteiger partial charge >= 0.3 is 0 Å². The van der Waals surface area contributed by atoms with Gasteiger partial charge in [0.1, 0.15) is 6.04 Å². The van der Waals surface area contributed by atoms with Crippen molar-refractivity contribution in [1.82, 2.24) is 15.5 Å². The Morgan fingerprint density at radius 1 is 1.35 bits per heavy atom. The van der Waals surface area contributed by atoms with Crippen molar-refractivity contribution in [1.29, 1.82) is 0 Å². The minimum Gasteiger partial charge on any atom is -0.344 e. The minimum atomic E-state index is -0.308. The molecule has 1 heterocycles. The SMILES string of the molecule is CC[C@@H](C)[C@H](NC(=O)CC(C)(C)C)c1nc(-c2ccc(C)c(Cl)c2)no1. The lowest BCUT2D eigenvalue weighted by Gasteiger charge is -2.23. The molecule has 0 spiro atoms. The fraction of sp³-hybridized carbons (Fsp3) is 0.550. The van der Waals surface area contributed by atoms with Gasteiger partial charge in [0.2, 0.25) is 17.6 Å². The van der Waals surface area contributed by atoms with Crippen LogP contribution in [0.25, 0.3) is 11.4 Å². The molecule has 142 valence electrons. The van der Waals surface area contributed by atoms with E-state index in [-0.39, 0.29) is 23.3 Å². The number of nitrogens with zero attached hydrogens (tertiary/aromatic N) is 2. The van der Waals surface area contributed by atoms with Gasteiger partial charge in [-0.25, -0.2) is 0 Å². The second-order valence-corrected chi connectivity index (χ2v) is 8.50. The summed E-state index contributed by atoms with van der Waals surface area (Å²) in [6.07, 6.45) is 1.32. The molecule has 1 amide bonds. The lowest BCUT2D eigenvalue weighted by atomic mass is 9.91. The monoisotopic (exact) mass is 377 g/mol. The number of benzene rings is 1. The first-order chi connectivity index (χ1) is 12.1. The maximum absolute atomic E-state index is 12.4. The van der Waals surface area contributed by atoms with Gasteiger partial charge in [0.15, 0.2) is 0 Å². The Morgan fingerprint density at radius 3 is 2.62 bits per heavy atom. The molecule has 0 bridgehead atoms. The average molecular weight is 378 g/mol. The Labute approximate surface area is 160 Å². The smallest absolute Gasteiger partial charge is 0.249 e. The number of hydrogen-bond acceptors (Lipinski definition) is 4. The molecule has 5 nitrogen and oxygen atoms in total. The van der Waals surface area contributed by atoms with Gasteiger partial charge in [-0.3, -0.25) is 4.79 Å². The highest BCUT2D eigenvalue weighted by molar-refractivity contribution is 6.31. The summed E-state index contributed by atoms with van der Waals surface area (Å²) in [5, 5.41) is 7.80. The van der Waals surface area contributed by atoms with E-state index in [4.69, 9.17) is 16.1 Å². The topological polar surface area (TPSA) is 68.0 Å². The molecule has 0 unspecified atom stereocenters. The van der Waals surface area contributed by atoms with Gasteiger partial charge in [-0.1, -0.05) is 69.9 Å². The highest BCUT2D eigenvalue weighted by Gasteiger charge is 2.28. The largest absolute Gasteiger partial charge is 0.344 e. The van der Waals surface area contributed by atoms with Crippen molar-refractivity contribution in [2.24, 2.45) is 11.3 Å². The molecule has 26 heavy (non-hydrogen) atoms. The van der Waals surface area contributed by atoms with Crippen molar-refractivity contribution < 1.29 is 9.32 Å². The predicted molar refractivity (Wildman–Crippen MR) is 104 cm³/mol. The molecule has 1 aromatic heterocycles. The predicted octanol–water partition coefficient (Wildman–Crippen LogP) is 5.34. The summed E-state index contributed by atoms with van der Waals surface area (Å²) in [4.78, 5) is 16.9. The van der Waals surface area contributed by atoms with Crippen LogP contribution in [0.15, 0.2) is 22.7 Å². The van der Waals surface area contributed by atoms with Crippen LogP contribution in [0.2, 0.25) is 5.02 Å². The minimum absolute atomic E-state index is 0.0130. The summed E-state index contributed by atoms with van der Waals surface area (Å²) < 4.78 is 5.49. The van der Waals surface area contributed by atoms with Crippen molar-refractivity contribution in [2.45, 2.75) is 60.4 Å². The quantitative estimate of drug-likeness (QED) is 0.737. The van der Waals surface area contributed by atoms with Crippen molar-refractivity contribution in [2.75, 3.05) is 0 Å². The molecule has 0 radical (unpaired) electrons. The molecule has 6 heteroatoms. The van der Waals surface area contributed by atoms with Crippen LogP contribution in [0.1, 0.15) is 65.0 Å². The first-order valence-electron chi connectivity index (χ1n) is 9.00. The second kappa shape index (κ2) is 8.21. The van der Waals surface area contributed by atoms with E-state index in [0.29, 0.717) is 23.2 Å².